The first-order valence-corrected chi connectivity index (χ1v) is 6.35. The lowest BCUT2D eigenvalue weighted by Gasteiger charge is -2.09. The monoisotopic (exact) mass is 272 g/mol. The summed E-state index contributed by atoms with van der Waals surface area (Å²) < 4.78 is 5.29. The Morgan fingerprint density at radius 2 is 2.15 bits per heavy atom. The van der Waals surface area contributed by atoms with Crippen LogP contribution in [0.3, 0.4) is 0 Å². The van der Waals surface area contributed by atoms with E-state index in [1.165, 1.54) is 0 Å². The zero-order chi connectivity index (χ0) is 14.5. The quantitative estimate of drug-likeness (QED) is 0.904. The Labute approximate surface area is 117 Å². The maximum atomic E-state index is 10.7. The third-order valence-electron chi connectivity index (χ3n) is 2.97. The van der Waals surface area contributed by atoms with Crippen molar-refractivity contribution in [3.8, 4) is 17.0 Å². The van der Waals surface area contributed by atoms with Crippen molar-refractivity contribution >= 4 is 5.97 Å². The van der Waals surface area contributed by atoms with Gasteiger partial charge in [0.2, 0.25) is 0 Å². The molecule has 0 radical (unpaired) electrons. The number of ether oxygens (including phenoxy) is 1. The summed E-state index contributed by atoms with van der Waals surface area (Å²) in [5.41, 5.74) is 2.73. The summed E-state index contributed by atoms with van der Waals surface area (Å²) in [6, 6.07) is 7.58. The van der Waals surface area contributed by atoms with Gasteiger partial charge in [0.25, 0.3) is 0 Å². The van der Waals surface area contributed by atoms with Crippen LogP contribution < -0.4 is 4.74 Å². The van der Waals surface area contributed by atoms with Gasteiger partial charge in [0.15, 0.2) is 0 Å². The fourth-order valence-electron chi connectivity index (χ4n) is 1.99. The predicted molar refractivity (Wildman–Crippen MR) is 74.7 cm³/mol. The summed E-state index contributed by atoms with van der Waals surface area (Å²) in [4.78, 5) is 18.9. The molecule has 0 aliphatic heterocycles. The van der Waals surface area contributed by atoms with E-state index in [-0.39, 0.29) is 6.42 Å². The molecule has 1 heterocycles. The standard InChI is InChI=1S/C15H16N2O3/c1-3-10-8-11(4-5-13(10)20-2)12-6-7-16-14(17-12)9-15(18)19/h4-8H,3,9H2,1-2H3,(H,18,19). The van der Waals surface area contributed by atoms with Crippen molar-refractivity contribution in [2.45, 2.75) is 19.8 Å². The van der Waals surface area contributed by atoms with Gasteiger partial charge in [-0.3, -0.25) is 4.79 Å². The van der Waals surface area contributed by atoms with Crippen molar-refractivity contribution in [1.82, 2.24) is 9.97 Å². The van der Waals surface area contributed by atoms with Gasteiger partial charge in [-0.05, 0) is 36.2 Å². The minimum atomic E-state index is -0.939. The Kier molecular flexibility index (Phi) is 4.30. The number of hydrogen-bond donors (Lipinski definition) is 1. The Morgan fingerprint density at radius 3 is 2.80 bits per heavy atom. The summed E-state index contributed by atoms with van der Waals surface area (Å²) in [6.07, 6.45) is 2.26. The van der Waals surface area contributed by atoms with Crippen molar-refractivity contribution in [3.05, 3.63) is 41.9 Å². The molecule has 0 atom stereocenters. The second-order valence-electron chi connectivity index (χ2n) is 4.31. The average molecular weight is 272 g/mol. The van der Waals surface area contributed by atoms with Crippen molar-refractivity contribution in [2.75, 3.05) is 7.11 Å². The normalized spacial score (nSPS) is 10.3. The zero-order valence-electron chi connectivity index (χ0n) is 11.5. The number of carboxylic acid groups (broad SMARTS) is 1. The van der Waals surface area contributed by atoms with Crippen LogP contribution in [-0.2, 0) is 17.6 Å². The zero-order valence-corrected chi connectivity index (χ0v) is 11.5. The fourth-order valence-corrected chi connectivity index (χ4v) is 1.99. The van der Waals surface area contributed by atoms with E-state index in [1.54, 1.807) is 19.4 Å². The molecule has 5 heteroatoms. The number of hydrogen-bond acceptors (Lipinski definition) is 4. The number of nitrogens with zero attached hydrogens (tertiary/aromatic N) is 2. The molecule has 20 heavy (non-hydrogen) atoms. The summed E-state index contributed by atoms with van der Waals surface area (Å²) in [5.74, 6) is 0.214. The highest BCUT2D eigenvalue weighted by molar-refractivity contribution is 5.69. The number of benzene rings is 1. The van der Waals surface area contributed by atoms with Crippen molar-refractivity contribution in [3.63, 3.8) is 0 Å². The molecule has 0 spiro atoms. The Bertz CT molecular complexity index is 626. The van der Waals surface area contributed by atoms with Crippen molar-refractivity contribution < 1.29 is 14.6 Å². The first kappa shape index (κ1) is 14.0. The molecule has 104 valence electrons. The summed E-state index contributed by atoms with van der Waals surface area (Å²) >= 11 is 0. The molecular weight excluding hydrogens is 256 g/mol. The minimum absolute atomic E-state index is 0.176. The van der Waals surface area contributed by atoms with Crippen LogP contribution in [0.4, 0.5) is 0 Å². The maximum Gasteiger partial charge on any atom is 0.311 e. The van der Waals surface area contributed by atoms with Crippen LogP contribution in [0.15, 0.2) is 30.5 Å². The second-order valence-corrected chi connectivity index (χ2v) is 4.31. The smallest absolute Gasteiger partial charge is 0.311 e. The van der Waals surface area contributed by atoms with Gasteiger partial charge in [-0.2, -0.15) is 0 Å². The van der Waals surface area contributed by atoms with Crippen LogP contribution in [-0.4, -0.2) is 28.2 Å². The highest BCUT2D eigenvalue weighted by atomic mass is 16.5. The molecule has 2 aromatic rings. The average Bonchev–Trinajstić information content (AvgIpc) is 2.46. The van der Waals surface area contributed by atoms with E-state index in [2.05, 4.69) is 16.9 Å². The van der Waals surface area contributed by atoms with Crippen LogP contribution in [0.2, 0.25) is 0 Å². The molecular formula is C15H16N2O3. The van der Waals surface area contributed by atoms with Gasteiger partial charge < -0.3 is 9.84 Å². The van der Waals surface area contributed by atoms with E-state index in [9.17, 15) is 4.79 Å². The Morgan fingerprint density at radius 1 is 1.35 bits per heavy atom. The van der Waals surface area contributed by atoms with Crippen LogP contribution in [0, 0.1) is 0 Å². The molecule has 0 amide bonds. The van der Waals surface area contributed by atoms with Gasteiger partial charge in [-0.1, -0.05) is 6.92 Å². The van der Waals surface area contributed by atoms with Crippen LogP contribution in [0.25, 0.3) is 11.3 Å². The van der Waals surface area contributed by atoms with E-state index in [4.69, 9.17) is 9.84 Å². The molecule has 1 aromatic carbocycles. The summed E-state index contributed by atoms with van der Waals surface area (Å²) in [5, 5.41) is 8.78. The number of methoxy groups -OCH3 is 1. The molecule has 0 bridgehead atoms. The Balaban J connectivity index is 2.38. The number of aromatic nitrogens is 2. The van der Waals surface area contributed by atoms with E-state index >= 15 is 0 Å². The molecule has 0 unspecified atom stereocenters. The summed E-state index contributed by atoms with van der Waals surface area (Å²) in [6.45, 7) is 2.05. The van der Waals surface area contributed by atoms with Crippen molar-refractivity contribution in [2.24, 2.45) is 0 Å². The first-order valence-electron chi connectivity index (χ1n) is 6.35. The first-order chi connectivity index (χ1) is 9.63. The molecule has 0 saturated carbocycles. The van der Waals surface area contributed by atoms with Gasteiger partial charge in [-0.15, -0.1) is 0 Å². The van der Waals surface area contributed by atoms with E-state index in [0.717, 1.165) is 23.3 Å². The molecule has 0 fully saturated rings. The molecule has 1 N–H and O–H groups in total. The van der Waals surface area contributed by atoms with E-state index < -0.39 is 5.97 Å². The number of aryl methyl sites for hydroxylation is 1. The largest absolute Gasteiger partial charge is 0.496 e. The molecule has 1 aromatic heterocycles. The van der Waals surface area contributed by atoms with Gasteiger partial charge >= 0.3 is 5.97 Å². The highest BCUT2D eigenvalue weighted by Crippen LogP contribution is 2.25. The van der Waals surface area contributed by atoms with Gasteiger partial charge in [0.05, 0.1) is 12.8 Å². The minimum Gasteiger partial charge on any atom is -0.496 e. The number of rotatable bonds is 5. The van der Waals surface area contributed by atoms with Gasteiger partial charge in [0, 0.05) is 11.8 Å². The van der Waals surface area contributed by atoms with Crippen LogP contribution >= 0.6 is 0 Å². The maximum absolute atomic E-state index is 10.7. The molecule has 0 aliphatic rings. The molecule has 0 saturated heterocycles. The van der Waals surface area contributed by atoms with Gasteiger partial charge in [0.1, 0.15) is 18.0 Å². The number of carbonyl (C=O) groups is 1. The number of carboxylic acids is 1. The third-order valence-corrected chi connectivity index (χ3v) is 2.97. The fraction of sp³-hybridized carbons (Fsp3) is 0.267. The topological polar surface area (TPSA) is 72.3 Å². The second kappa shape index (κ2) is 6.14. The lowest BCUT2D eigenvalue weighted by Crippen LogP contribution is -2.05. The van der Waals surface area contributed by atoms with Gasteiger partial charge in [-0.25, -0.2) is 9.97 Å². The lowest BCUT2D eigenvalue weighted by molar-refractivity contribution is -0.136. The SMILES string of the molecule is CCc1cc(-c2ccnc(CC(=O)O)n2)ccc1OC. The van der Waals surface area contributed by atoms with E-state index in [0.29, 0.717) is 11.5 Å². The predicted octanol–water partition coefficient (Wildman–Crippen LogP) is 2.34. The third kappa shape index (κ3) is 3.12. The molecule has 0 aliphatic carbocycles. The van der Waals surface area contributed by atoms with E-state index in [1.807, 2.05) is 18.2 Å². The van der Waals surface area contributed by atoms with Crippen molar-refractivity contribution in [1.29, 1.82) is 0 Å². The van der Waals surface area contributed by atoms with Crippen LogP contribution in [0.5, 0.6) is 5.75 Å². The summed E-state index contributed by atoms with van der Waals surface area (Å²) in [7, 11) is 1.64. The highest BCUT2D eigenvalue weighted by Gasteiger charge is 2.08. The Hall–Kier alpha value is -2.43. The molecule has 2 rings (SSSR count). The lowest BCUT2D eigenvalue weighted by atomic mass is 10.0. The number of aliphatic carboxylic acids is 1. The molecule has 5 nitrogen and oxygen atoms in total. The van der Waals surface area contributed by atoms with Crippen LogP contribution in [0.1, 0.15) is 18.3 Å².